The summed E-state index contributed by atoms with van der Waals surface area (Å²) in [5.74, 6) is 1.27. The molecule has 2 atom stereocenters. The third-order valence-electron chi connectivity index (χ3n) is 4.48. The van der Waals surface area contributed by atoms with E-state index in [1.165, 1.54) is 0 Å². The molecule has 0 aliphatic carbocycles. The molecule has 1 heterocycles. The lowest BCUT2D eigenvalue weighted by molar-refractivity contribution is -0.121. The van der Waals surface area contributed by atoms with Crippen molar-refractivity contribution >= 4 is 17.3 Å². The predicted octanol–water partition coefficient (Wildman–Crippen LogP) is 3.77. The summed E-state index contributed by atoms with van der Waals surface area (Å²) in [4.78, 5) is 11.3. The van der Waals surface area contributed by atoms with E-state index in [1.807, 2.05) is 31.2 Å². The van der Waals surface area contributed by atoms with Crippen LogP contribution in [0.4, 0.5) is 0 Å². The van der Waals surface area contributed by atoms with Gasteiger partial charge in [-0.15, -0.1) is 0 Å². The molecule has 2 rings (SSSR count). The van der Waals surface area contributed by atoms with Gasteiger partial charge < -0.3 is 10.1 Å². The Hall–Kier alpha value is -2.17. The van der Waals surface area contributed by atoms with Crippen LogP contribution < -0.4 is 10.2 Å². The highest BCUT2D eigenvalue weighted by Crippen LogP contribution is 2.19. The number of nitrogens with zero attached hydrogens (tertiary/aromatic N) is 1. The number of amides is 1. The Labute approximate surface area is 144 Å². The maximum Gasteiger partial charge on any atom is 0.240 e. The second kappa shape index (κ2) is 8.62. The van der Waals surface area contributed by atoms with Crippen LogP contribution in [0.2, 0.25) is 0 Å². The van der Waals surface area contributed by atoms with E-state index in [1.54, 1.807) is 0 Å². The summed E-state index contributed by atoms with van der Waals surface area (Å²) in [6.07, 6.45) is 3.14. The molecule has 5 heteroatoms. The summed E-state index contributed by atoms with van der Waals surface area (Å²) < 4.78 is 5.75. The molecule has 1 amide bonds. The molecule has 0 bridgehead atoms. The highest BCUT2D eigenvalue weighted by molar-refractivity contribution is 6.05. The Bertz CT molecular complexity index is 608. The van der Waals surface area contributed by atoms with Gasteiger partial charge in [0.1, 0.15) is 5.75 Å². The van der Waals surface area contributed by atoms with Gasteiger partial charge in [0, 0.05) is 18.1 Å². The summed E-state index contributed by atoms with van der Waals surface area (Å²) in [6, 6.07) is 7.81. The molecule has 24 heavy (non-hydrogen) atoms. The van der Waals surface area contributed by atoms with Crippen molar-refractivity contribution in [1.29, 1.82) is 5.41 Å². The van der Waals surface area contributed by atoms with Crippen LogP contribution in [0.15, 0.2) is 29.4 Å². The van der Waals surface area contributed by atoms with E-state index in [9.17, 15) is 4.79 Å². The van der Waals surface area contributed by atoms with Gasteiger partial charge in [-0.1, -0.05) is 20.8 Å². The van der Waals surface area contributed by atoms with E-state index < -0.39 is 0 Å². The average molecular weight is 329 g/mol. The molecular formula is C19H27N3O2. The lowest BCUT2D eigenvalue weighted by Crippen LogP contribution is -2.31. The van der Waals surface area contributed by atoms with Crippen molar-refractivity contribution in [2.75, 3.05) is 6.61 Å². The number of hydrazone groups is 1. The molecule has 130 valence electrons. The SMILES string of the molecule is CC[C@@H](C)C(=N)CCCOc1ccc(C2=NNC(=O)CC2C)cc1. The molecular weight excluding hydrogens is 302 g/mol. The Morgan fingerprint density at radius 3 is 2.75 bits per heavy atom. The first-order valence-electron chi connectivity index (χ1n) is 8.68. The lowest BCUT2D eigenvalue weighted by Gasteiger charge is -2.19. The van der Waals surface area contributed by atoms with Gasteiger partial charge in [0.05, 0.1) is 12.3 Å². The minimum absolute atomic E-state index is 0.0332. The fourth-order valence-corrected chi connectivity index (χ4v) is 2.67. The molecule has 0 fully saturated rings. The Balaban J connectivity index is 1.82. The van der Waals surface area contributed by atoms with E-state index in [-0.39, 0.29) is 11.8 Å². The maximum atomic E-state index is 11.3. The van der Waals surface area contributed by atoms with Crippen LogP contribution in [0.5, 0.6) is 5.75 Å². The minimum Gasteiger partial charge on any atom is -0.494 e. The number of hydrogen-bond acceptors (Lipinski definition) is 4. The fraction of sp³-hybridized carbons (Fsp3) is 0.526. The second-order valence-electron chi connectivity index (χ2n) is 6.45. The van der Waals surface area contributed by atoms with Crippen LogP contribution >= 0.6 is 0 Å². The van der Waals surface area contributed by atoms with E-state index in [0.717, 1.165) is 42.0 Å². The largest absolute Gasteiger partial charge is 0.494 e. The Morgan fingerprint density at radius 1 is 1.42 bits per heavy atom. The van der Waals surface area contributed by atoms with E-state index in [2.05, 4.69) is 24.4 Å². The molecule has 1 aromatic carbocycles. The van der Waals surface area contributed by atoms with Crippen molar-refractivity contribution in [2.45, 2.75) is 46.5 Å². The van der Waals surface area contributed by atoms with Gasteiger partial charge in [-0.3, -0.25) is 4.79 Å². The van der Waals surface area contributed by atoms with E-state index in [4.69, 9.17) is 10.1 Å². The van der Waals surface area contributed by atoms with Gasteiger partial charge in [-0.25, -0.2) is 5.43 Å². The summed E-state index contributed by atoms with van der Waals surface area (Å²) in [5.41, 5.74) is 5.26. The molecule has 1 unspecified atom stereocenters. The molecule has 0 saturated heterocycles. The standard InChI is InChI=1S/C19H27N3O2/c1-4-13(2)17(20)6-5-11-24-16-9-7-15(8-10-16)19-14(3)12-18(23)21-22-19/h7-10,13-14,20H,4-6,11-12H2,1-3H3,(H,21,23)/t13-,14?/m1/s1. The monoisotopic (exact) mass is 329 g/mol. The van der Waals surface area contributed by atoms with Crippen molar-refractivity contribution in [3.05, 3.63) is 29.8 Å². The van der Waals surface area contributed by atoms with Crippen LogP contribution in [-0.2, 0) is 4.79 Å². The van der Waals surface area contributed by atoms with Crippen LogP contribution in [-0.4, -0.2) is 23.9 Å². The highest BCUT2D eigenvalue weighted by atomic mass is 16.5. The number of rotatable bonds is 8. The number of carbonyl (C=O) groups is 1. The van der Waals surface area contributed by atoms with Gasteiger partial charge in [0.15, 0.2) is 0 Å². The summed E-state index contributed by atoms with van der Waals surface area (Å²) in [6.45, 7) is 6.83. The number of carbonyl (C=O) groups excluding carboxylic acids is 1. The van der Waals surface area contributed by atoms with Crippen molar-refractivity contribution in [1.82, 2.24) is 5.43 Å². The van der Waals surface area contributed by atoms with E-state index in [0.29, 0.717) is 18.9 Å². The number of ether oxygens (including phenoxy) is 1. The van der Waals surface area contributed by atoms with Crippen LogP contribution in [0, 0.1) is 17.2 Å². The van der Waals surface area contributed by atoms with Gasteiger partial charge in [0.25, 0.3) is 0 Å². The molecule has 2 N–H and O–H groups in total. The zero-order chi connectivity index (χ0) is 17.5. The zero-order valence-electron chi connectivity index (χ0n) is 14.8. The molecule has 1 aromatic rings. The van der Waals surface area contributed by atoms with Crippen LogP contribution in [0.3, 0.4) is 0 Å². The van der Waals surface area contributed by atoms with Crippen molar-refractivity contribution < 1.29 is 9.53 Å². The summed E-state index contributed by atoms with van der Waals surface area (Å²) in [7, 11) is 0. The van der Waals surface area contributed by atoms with Crippen LogP contribution in [0.25, 0.3) is 0 Å². The molecule has 5 nitrogen and oxygen atoms in total. The van der Waals surface area contributed by atoms with Gasteiger partial charge in [0.2, 0.25) is 5.91 Å². The maximum absolute atomic E-state index is 11.3. The Kier molecular flexibility index (Phi) is 6.53. The number of hydrogen-bond donors (Lipinski definition) is 2. The fourth-order valence-electron chi connectivity index (χ4n) is 2.67. The smallest absolute Gasteiger partial charge is 0.240 e. The summed E-state index contributed by atoms with van der Waals surface area (Å²) >= 11 is 0. The quantitative estimate of drug-likeness (QED) is 0.563. The lowest BCUT2D eigenvalue weighted by atomic mass is 9.94. The minimum atomic E-state index is -0.0332. The predicted molar refractivity (Wildman–Crippen MR) is 96.8 cm³/mol. The second-order valence-corrected chi connectivity index (χ2v) is 6.45. The first-order valence-corrected chi connectivity index (χ1v) is 8.68. The molecule has 0 aromatic heterocycles. The zero-order valence-corrected chi connectivity index (χ0v) is 14.8. The first-order chi connectivity index (χ1) is 11.5. The van der Waals surface area contributed by atoms with Gasteiger partial charge in [-0.05, 0) is 55.0 Å². The number of benzene rings is 1. The normalized spacial score (nSPS) is 18.5. The van der Waals surface area contributed by atoms with Crippen molar-refractivity contribution in [3.63, 3.8) is 0 Å². The molecule has 1 aliphatic heterocycles. The first kappa shape index (κ1) is 18.2. The van der Waals surface area contributed by atoms with Crippen molar-refractivity contribution in [3.8, 4) is 5.75 Å². The van der Waals surface area contributed by atoms with Gasteiger partial charge >= 0.3 is 0 Å². The molecule has 1 aliphatic rings. The van der Waals surface area contributed by atoms with Gasteiger partial charge in [-0.2, -0.15) is 5.10 Å². The highest BCUT2D eigenvalue weighted by Gasteiger charge is 2.21. The van der Waals surface area contributed by atoms with Crippen molar-refractivity contribution in [2.24, 2.45) is 16.9 Å². The Morgan fingerprint density at radius 2 is 2.12 bits per heavy atom. The number of nitrogens with one attached hydrogen (secondary N) is 2. The summed E-state index contributed by atoms with van der Waals surface area (Å²) in [5, 5.41) is 12.1. The van der Waals surface area contributed by atoms with E-state index >= 15 is 0 Å². The molecule has 0 saturated carbocycles. The topological polar surface area (TPSA) is 74.5 Å². The van der Waals surface area contributed by atoms with Crippen LogP contribution in [0.1, 0.15) is 52.0 Å². The third-order valence-corrected chi connectivity index (χ3v) is 4.48. The third kappa shape index (κ3) is 4.91. The molecule has 0 spiro atoms. The molecule has 0 radical (unpaired) electrons. The average Bonchev–Trinajstić information content (AvgIpc) is 2.58.